The van der Waals surface area contributed by atoms with Crippen molar-refractivity contribution in [1.29, 1.82) is 0 Å². The maximum Gasteiger partial charge on any atom is 0.229 e. The van der Waals surface area contributed by atoms with Gasteiger partial charge in [0.25, 0.3) is 0 Å². The van der Waals surface area contributed by atoms with Crippen molar-refractivity contribution in [3.63, 3.8) is 0 Å². The van der Waals surface area contributed by atoms with Crippen LogP contribution in [0.25, 0.3) is 0 Å². The lowest BCUT2D eigenvalue weighted by molar-refractivity contribution is -0.131. The second kappa shape index (κ2) is 7.37. The van der Waals surface area contributed by atoms with Crippen LogP contribution in [0.3, 0.4) is 0 Å². The molecule has 140 valence electrons. The van der Waals surface area contributed by atoms with Gasteiger partial charge in [0.1, 0.15) is 0 Å². The molecule has 26 heavy (non-hydrogen) atoms. The zero-order valence-corrected chi connectivity index (χ0v) is 15.8. The monoisotopic (exact) mass is 376 g/mol. The maximum absolute atomic E-state index is 12.1. The first-order chi connectivity index (χ1) is 12.1. The molecule has 0 radical (unpaired) electrons. The van der Waals surface area contributed by atoms with Gasteiger partial charge in [0.05, 0.1) is 18.0 Å². The molecular formula is C19H25ClN4O2. The van der Waals surface area contributed by atoms with Crippen LogP contribution in [0.5, 0.6) is 0 Å². The van der Waals surface area contributed by atoms with Crippen molar-refractivity contribution in [3.05, 3.63) is 47.1 Å². The fourth-order valence-corrected chi connectivity index (χ4v) is 4.18. The van der Waals surface area contributed by atoms with Crippen LogP contribution in [-0.2, 0) is 23.2 Å². The maximum atomic E-state index is 12.1. The molecule has 7 heteroatoms. The number of amides is 1. The molecule has 1 aliphatic heterocycles. The third kappa shape index (κ3) is 3.35. The molecule has 1 unspecified atom stereocenters. The average Bonchev–Trinajstić information content (AvgIpc) is 3.25. The third-order valence-electron chi connectivity index (χ3n) is 5.59. The van der Waals surface area contributed by atoms with Gasteiger partial charge in [-0.15, -0.1) is 12.4 Å². The first-order valence-corrected chi connectivity index (χ1v) is 9.04. The van der Waals surface area contributed by atoms with Crippen LogP contribution in [0, 0.1) is 0 Å². The molecule has 1 aromatic heterocycles. The van der Waals surface area contributed by atoms with Gasteiger partial charge in [-0.25, -0.2) is 0 Å². The number of nitrogens with zero attached hydrogens (tertiary/aromatic N) is 3. The average molecular weight is 377 g/mol. The number of hydrogen-bond acceptors (Lipinski definition) is 5. The lowest BCUT2D eigenvalue weighted by atomic mass is 9.90. The zero-order valence-electron chi connectivity index (χ0n) is 15.0. The van der Waals surface area contributed by atoms with Crippen LogP contribution in [0.4, 0.5) is 0 Å². The fraction of sp³-hybridized carbons (Fsp3) is 0.526. The molecule has 1 aromatic carbocycles. The summed E-state index contributed by atoms with van der Waals surface area (Å²) in [4.78, 5) is 18.6. The van der Waals surface area contributed by atoms with Crippen LogP contribution < -0.4 is 5.73 Å². The number of hydrogen-bond donors (Lipinski definition) is 1. The Bertz CT molecular complexity index is 785. The standard InChI is InChI=1S/C19H24N4O2.ClH/c1-13(24)23-11-8-14-6-2-3-7-15(14)16(23)12-17-21-18(22-25-17)19(20)9-4-5-10-19;/h2-3,6-7,16H,4-5,8-12,20H2,1H3;1H. The first-order valence-electron chi connectivity index (χ1n) is 9.04. The number of carbonyl (C=O) groups excluding carboxylic acids is 1. The van der Waals surface area contributed by atoms with Gasteiger partial charge in [-0.3, -0.25) is 4.79 Å². The van der Waals surface area contributed by atoms with E-state index in [0.717, 1.165) is 38.6 Å². The number of fused-ring (bicyclic) bond motifs is 1. The van der Waals surface area contributed by atoms with Crippen LogP contribution in [0.15, 0.2) is 28.8 Å². The van der Waals surface area contributed by atoms with E-state index in [4.69, 9.17) is 10.3 Å². The molecule has 0 spiro atoms. The molecule has 1 saturated carbocycles. The molecule has 2 aliphatic rings. The highest BCUT2D eigenvalue weighted by Gasteiger charge is 2.37. The lowest BCUT2D eigenvalue weighted by Crippen LogP contribution is -2.39. The predicted molar refractivity (Wildman–Crippen MR) is 99.9 cm³/mol. The van der Waals surface area contributed by atoms with Gasteiger partial charge in [0, 0.05) is 13.5 Å². The van der Waals surface area contributed by atoms with Gasteiger partial charge >= 0.3 is 0 Å². The molecule has 2 heterocycles. The Labute approximate surface area is 159 Å². The normalized spacial score (nSPS) is 21.2. The zero-order chi connectivity index (χ0) is 17.4. The summed E-state index contributed by atoms with van der Waals surface area (Å²) < 4.78 is 5.51. The molecule has 2 N–H and O–H groups in total. The van der Waals surface area contributed by atoms with E-state index in [-0.39, 0.29) is 24.4 Å². The molecule has 4 rings (SSSR count). The quantitative estimate of drug-likeness (QED) is 0.890. The predicted octanol–water partition coefficient (Wildman–Crippen LogP) is 2.91. The summed E-state index contributed by atoms with van der Waals surface area (Å²) >= 11 is 0. The van der Waals surface area contributed by atoms with E-state index in [1.807, 2.05) is 17.0 Å². The number of benzene rings is 1. The molecule has 1 aliphatic carbocycles. The summed E-state index contributed by atoms with van der Waals surface area (Å²) in [6, 6.07) is 8.22. The number of nitrogens with two attached hydrogens (primary N) is 1. The van der Waals surface area contributed by atoms with E-state index in [9.17, 15) is 4.79 Å². The molecule has 1 atom stereocenters. The van der Waals surface area contributed by atoms with E-state index < -0.39 is 5.54 Å². The summed E-state index contributed by atoms with van der Waals surface area (Å²) in [6.07, 6.45) is 5.42. The topological polar surface area (TPSA) is 85.2 Å². The van der Waals surface area contributed by atoms with E-state index in [1.165, 1.54) is 11.1 Å². The van der Waals surface area contributed by atoms with E-state index >= 15 is 0 Å². The molecule has 2 aromatic rings. The SMILES string of the molecule is CC(=O)N1CCc2ccccc2C1Cc1nc(C2(N)CCCC2)no1.Cl. The highest BCUT2D eigenvalue weighted by Crippen LogP contribution is 2.36. The number of rotatable bonds is 3. The van der Waals surface area contributed by atoms with Gasteiger partial charge in [0.15, 0.2) is 5.82 Å². The molecule has 6 nitrogen and oxygen atoms in total. The second-order valence-corrected chi connectivity index (χ2v) is 7.26. The highest BCUT2D eigenvalue weighted by atomic mass is 35.5. The Kier molecular flexibility index (Phi) is 5.34. The molecular weight excluding hydrogens is 352 g/mol. The third-order valence-corrected chi connectivity index (χ3v) is 5.59. The summed E-state index contributed by atoms with van der Waals surface area (Å²) in [5, 5.41) is 4.15. The number of halogens is 1. The van der Waals surface area contributed by atoms with Gasteiger partial charge < -0.3 is 15.2 Å². The highest BCUT2D eigenvalue weighted by molar-refractivity contribution is 5.85. The van der Waals surface area contributed by atoms with Gasteiger partial charge in [0.2, 0.25) is 11.8 Å². The van der Waals surface area contributed by atoms with Gasteiger partial charge in [-0.05, 0) is 30.4 Å². The smallest absolute Gasteiger partial charge is 0.229 e. The first kappa shape index (κ1) is 18.9. The van der Waals surface area contributed by atoms with Gasteiger partial charge in [-0.2, -0.15) is 4.98 Å². The van der Waals surface area contributed by atoms with Crippen molar-refractivity contribution in [2.45, 2.75) is 57.0 Å². The van der Waals surface area contributed by atoms with Crippen molar-refractivity contribution in [2.24, 2.45) is 5.73 Å². The Balaban J connectivity index is 0.00000196. The van der Waals surface area contributed by atoms with Crippen molar-refractivity contribution < 1.29 is 9.32 Å². The van der Waals surface area contributed by atoms with Crippen molar-refractivity contribution in [1.82, 2.24) is 15.0 Å². The van der Waals surface area contributed by atoms with E-state index in [0.29, 0.717) is 18.1 Å². The number of carbonyl (C=O) groups is 1. The molecule has 1 amide bonds. The van der Waals surface area contributed by atoms with Gasteiger partial charge in [-0.1, -0.05) is 42.3 Å². The summed E-state index contributed by atoms with van der Waals surface area (Å²) in [7, 11) is 0. The molecule has 0 saturated heterocycles. The fourth-order valence-electron chi connectivity index (χ4n) is 4.18. The van der Waals surface area contributed by atoms with Crippen LogP contribution in [0.2, 0.25) is 0 Å². The van der Waals surface area contributed by atoms with Crippen molar-refractivity contribution in [3.8, 4) is 0 Å². The Morgan fingerprint density at radius 2 is 2.08 bits per heavy atom. The second-order valence-electron chi connectivity index (χ2n) is 7.26. The van der Waals surface area contributed by atoms with Crippen LogP contribution >= 0.6 is 12.4 Å². The minimum Gasteiger partial charge on any atom is -0.339 e. The summed E-state index contributed by atoms with van der Waals surface area (Å²) in [6.45, 7) is 2.34. The van der Waals surface area contributed by atoms with Crippen LogP contribution in [0.1, 0.15) is 61.5 Å². The Morgan fingerprint density at radius 1 is 1.35 bits per heavy atom. The van der Waals surface area contributed by atoms with Crippen molar-refractivity contribution >= 4 is 18.3 Å². The van der Waals surface area contributed by atoms with E-state index in [1.54, 1.807) is 6.92 Å². The summed E-state index contributed by atoms with van der Waals surface area (Å²) in [5.74, 6) is 1.24. The largest absolute Gasteiger partial charge is 0.339 e. The van der Waals surface area contributed by atoms with Crippen LogP contribution in [-0.4, -0.2) is 27.5 Å². The van der Waals surface area contributed by atoms with E-state index in [2.05, 4.69) is 22.3 Å². The molecule has 0 bridgehead atoms. The Morgan fingerprint density at radius 3 is 2.81 bits per heavy atom. The van der Waals surface area contributed by atoms with Crippen molar-refractivity contribution in [2.75, 3.05) is 6.54 Å². The minimum absolute atomic E-state index is 0. The summed E-state index contributed by atoms with van der Waals surface area (Å²) in [5.41, 5.74) is 8.44. The lowest BCUT2D eigenvalue weighted by Gasteiger charge is -2.36. The molecule has 1 fully saturated rings. The minimum atomic E-state index is -0.452. The number of aromatic nitrogens is 2. The Hall–Kier alpha value is -1.92.